The number of nitrogens with two attached hydrogens (primary N) is 1. The highest BCUT2D eigenvalue weighted by atomic mass is 16.1. The minimum atomic E-state index is -0.166. The first-order valence-electron chi connectivity index (χ1n) is 6.77. The lowest BCUT2D eigenvalue weighted by Crippen LogP contribution is -2.38. The summed E-state index contributed by atoms with van der Waals surface area (Å²) in [4.78, 5) is 19.5. The summed E-state index contributed by atoms with van der Waals surface area (Å²) in [5, 5.41) is 2.88. The van der Waals surface area contributed by atoms with Crippen molar-refractivity contribution in [1.82, 2.24) is 9.97 Å². The molecule has 0 aliphatic carbocycles. The first kappa shape index (κ1) is 14.5. The average molecular weight is 274 g/mol. The predicted octanol–water partition coefficient (Wildman–Crippen LogP) is 2.57. The van der Waals surface area contributed by atoms with E-state index in [9.17, 15) is 4.79 Å². The van der Waals surface area contributed by atoms with Crippen LogP contribution in [0.4, 0.5) is 5.69 Å². The van der Waals surface area contributed by atoms with Crippen molar-refractivity contribution >= 4 is 22.6 Å². The number of rotatable bonds is 3. The second-order valence-corrected chi connectivity index (χ2v) is 6.28. The Balaban J connectivity index is 2.06. The maximum atomic E-state index is 12.0. The number of hydrogen-bond donors (Lipinski definition) is 3. The summed E-state index contributed by atoms with van der Waals surface area (Å²) >= 11 is 0. The van der Waals surface area contributed by atoms with E-state index in [1.807, 2.05) is 45.9 Å². The van der Waals surface area contributed by atoms with Crippen LogP contribution in [0.5, 0.6) is 0 Å². The van der Waals surface area contributed by atoms with Crippen molar-refractivity contribution in [2.75, 3.05) is 5.32 Å². The monoisotopic (exact) mass is 274 g/mol. The second kappa shape index (κ2) is 5.25. The van der Waals surface area contributed by atoms with Crippen molar-refractivity contribution < 1.29 is 4.79 Å². The zero-order valence-electron chi connectivity index (χ0n) is 12.4. The molecule has 1 amide bonds. The van der Waals surface area contributed by atoms with Crippen LogP contribution in [0.2, 0.25) is 0 Å². The van der Waals surface area contributed by atoms with E-state index in [1.54, 1.807) is 0 Å². The van der Waals surface area contributed by atoms with Crippen LogP contribution in [0.15, 0.2) is 18.2 Å². The van der Waals surface area contributed by atoms with Gasteiger partial charge >= 0.3 is 0 Å². The van der Waals surface area contributed by atoms with Gasteiger partial charge in [-0.2, -0.15) is 0 Å². The van der Waals surface area contributed by atoms with Gasteiger partial charge in [-0.05, 0) is 30.5 Å². The van der Waals surface area contributed by atoms with Crippen LogP contribution in [0.25, 0.3) is 11.0 Å². The molecule has 1 atom stereocenters. The van der Waals surface area contributed by atoms with Crippen molar-refractivity contribution in [3.05, 3.63) is 24.0 Å². The fourth-order valence-corrected chi connectivity index (χ4v) is 1.93. The quantitative estimate of drug-likeness (QED) is 0.804. The fraction of sp³-hybridized carbons (Fsp3) is 0.467. The summed E-state index contributed by atoms with van der Waals surface area (Å²) in [5.74, 6) is 0.793. The van der Waals surface area contributed by atoms with Gasteiger partial charge in [-0.3, -0.25) is 4.79 Å². The number of fused-ring (bicyclic) bond motifs is 1. The molecule has 0 fully saturated rings. The molecule has 5 nitrogen and oxygen atoms in total. The molecule has 0 spiro atoms. The van der Waals surface area contributed by atoms with Crippen LogP contribution >= 0.6 is 0 Å². The molecule has 0 aliphatic rings. The van der Waals surface area contributed by atoms with Gasteiger partial charge in [0.05, 0.1) is 11.0 Å². The number of carbonyl (C=O) groups excluding carboxylic acids is 1. The Kier molecular flexibility index (Phi) is 3.81. The summed E-state index contributed by atoms with van der Waals surface area (Å²) in [6.45, 7) is 8.00. The van der Waals surface area contributed by atoms with Gasteiger partial charge in [0, 0.05) is 18.2 Å². The van der Waals surface area contributed by atoms with Crippen LogP contribution in [0.3, 0.4) is 0 Å². The molecule has 108 valence electrons. The Labute approximate surface area is 119 Å². The normalized spacial score (nSPS) is 13.4. The van der Waals surface area contributed by atoms with Crippen molar-refractivity contribution in [2.24, 2.45) is 11.1 Å². The molecule has 1 heterocycles. The molecule has 20 heavy (non-hydrogen) atoms. The van der Waals surface area contributed by atoms with Gasteiger partial charge in [0.15, 0.2) is 0 Å². The summed E-state index contributed by atoms with van der Waals surface area (Å²) in [5.41, 5.74) is 8.51. The van der Waals surface area contributed by atoms with Gasteiger partial charge in [0.2, 0.25) is 5.91 Å². The molecule has 0 radical (unpaired) electrons. The number of imidazole rings is 1. The molecule has 4 N–H and O–H groups in total. The van der Waals surface area contributed by atoms with Gasteiger partial charge in [0.1, 0.15) is 5.82 Å². The topological polar surface area (TPSA) is 83.8 Å². The Bertz CT molecular complexity index is 624. The molecule has 0 bridgehead atoms. The number of H-pyrrole nitrogens is 1. The smallest absolute Gasteiger partial charge is 0.225 e. The van der Waals surface area contributed by atoms with Gasteiger partial charge in [-0.1, -0.05) is 20.8 Å². The van der Waals surface area contributed by atoms with Crippen LogP contribution in [-0.4, -0.2) is 21.9 Å². The van der Waals surface area contributed by atoms with Crippen molar-refractivity contribution in [3.8, 4) is 0 Å². The summed E-state index contributed by atoms with van der Waals surface area (Å²) in [7, 11) is 0. The predicted molar refractivity (Wildman–Crippen MR) is 81.5 cm³/mol. The number of amides is 1. The number of nitrogens with one attached hydrogen (secondary N) is 2. The van der Waals surface area contributed by atoms with Gasteiger partial charge in [-0.15, -0.1) is 0 Å². The van der Waals surface area contributed by atoms with Crippen LogP contribution < -0.4 is 11.1 Å². The van der Waals surface area contributed by atoms with Gasteiger partial charge < -0.3 is 16.0 Å². The lowest BCUT2D eigenvalue weighted by Gasteiger charge is -2.26. The van der Waals surface area contributed by atoms with Gasteiger partial charge in [0.25, 0.3) is 0 Å². The molecule has 1 unspecified atom stereocenters. The zero-order chi connectivity index (χ0) is 14.9. The number of aromatic amines is 1. The fourth-order valence-electron chi connectivity index (χ4n) is 1.93. The lowest BCUT2D eigenvalue weighted by atomic mass is 9.85. The minimum Gasteiger partial charge on any atom is -0.342 e. The number of aryl methyl sites for hydroxylation is 1. The van der Waals surface area contributed by atoms with Crippen molar-refractivity contribution in [1.29, 1.82) is 0 Å². The summed E-state index contributed by atoms with van der Waals surface area (Å²) in [6.07, 6.45) is 0.309. The van der Waals surface area contributed by atoms with E-state index in [1.165, 1.54) is 0 Å². The maximum absolute atomic E-state index is 12.0. The number of carbonyl (C=O) groups is 1. The lowest BCUT2D eigenvalue weighted by molar-refractivity contribution is -0.117. The van der Waals surface area contributed by atoms with E-state index in [2.05, 4.69) is 15.3 Å². The van der Waals surface area contributed by atoms with Crippen LogP contribution in [0, 0.1) is 12.3 Å². The SMILES string of the molecule is Cc1nc2ccc(NC(=O)CC(N)C(C)(C)C)cc2[nH]1. The van der Waals surface area contributed by atoms with Crippen LogP contribution in [0.1, 0.15) is 33.0 Å². The number of nitrogens with zero attached hydrogens (tertiary/aromatic N) is 1. The Hall–Kier alpha value is -1.88. The van der Waals surface area contributed by atoms with Crippen molar-refractivity contribution in [2.45, 2.75) is 40.2 Å². The van der Waals surface area contributed by atoms with E-state index >= 15 is 0 Å². The molecule has 1 aromatic heterocycles. The third-order valence-electron chi connectivity index (χ3n) is 3.40. The molecule has 0 saturated heterocycles. The Morgan fingerprint density at radius 1 is 1.45 bits per heavy atom. The Morgan fingerprint density at radius 3 is 2.80 bits per heavy atom. The first-order valence-corrected chi connectivity index (χ1v) is 6.77. The molecule has 2 aromatic rings. The van der Waals surface area contributed by atoms with E-state index in [4.69, 9.17) is 5.73 Å². The molecular formula is C15H22N4O. The Morgan fingerprint density at radius 2 is 2.15 bits per heavy atom. The number of anilines is 1. The number of benzene rings is 1. The van der Waals surface area contributed by atoms with E-state index in [0.717, 1.165) is 22.5 Å². The largest absolute Gasteiger partial charge is 0.342 e. The second-order valence-electron chi connectivity index (χ2n) is 6.28. The average Bonchev–Trinajstić information content (AvgIpc) is 2.66. The highest BCUT2D eigenvalue weighted by Crippen LogP contribution is 2.21. The highest BCUT2D eigenvalue weighted by Gasteiger charge is 2.23. The minimum absolute atomic E-state index is 0.0667. The number of hydrogen-bond acceptors (Lipinski definition) is 3. The zero-order valence-corrected chi connectivity index (χ0v) is 12.4. The molecular weight excluding hydrogens is 252 g/mol. The van der Waals surface area contributed by atoms with E-state index < -0.39 is 0 Å². The van der Waals surface area contributed by atoms with Crippen LogP contribution in [-0.2, 0) is 4.79 Å². The summed E-state index contributed by atoms with van der Waals surface area (Å²) < 4.78 is 0. The van der Waals surface area contributed by atoms with E-state index in [0.29, 0.717) is 6.42 Å². The molecule has 0 aliphatic heterocycles. The maximum Gasteiger partial charge on any atom is 0.225 e. The molecule has 1 aromatic carbocycles. The summed E-state index contributed by atoms with van der Waals surface area (Å²) in [6, 6.07) is 5.46. The molecule has 2 rings (SSSR count). The van der Waals surface area contributed by atoms with Crippen molar-refractivity contribution in [3.63, 3.8) is 0 Å². The first-order chi connectivity index (χ1) is 9.25. The number of aromatic nitrogens is 2. The van der Waals surface area contributed by atoms with E-state index in [-0.39, 0.29) is 17.4 Å². The molecule has 0 saturated carbocycles. The highest BCUT2D eigenvalue weighted by molar-refractivity contribution is 5.93. The third kappa shape index (κ3) is 3.36. The standard InChI is InChI=1S/C15H22N4O/c1-9-17-11-6-5-10(7-12(11)18-9)19-14(20)8-13(16)15(2,3)4/h5-7,13H,8,16H2,1-4H3,(H,17,18)(H,19,20). The van der Waals surface area contributed by atoms with Gasteiger partial charge in [-0.25, -0.2) is 4.98 Å². The third-order valence-corrected chi connectivity index (χ3v) is 3.40. The molecule has 5 heteroatoms.